The molecule has 1 heterocycles. The van der Waals surface area contributed by atoms with Crippen molar-refractivity contribution in [1.29, 1.82) is 0 Å². The van der Waals surface area contributed by atoms with Crippen molar-refractivity contribution in [2.75, 3.05) is 25.0 Å². The molecule has 1 aromatic carbocycles. The summed E-state index contributed by atoms with van der Waals surface area (Å²) in [5, 5.41) is 1.01. The van der Waals surface area contributed by atoms with Crippen LogP contribution in [0.4, 0.5) is 4.39 Å². The lowest BCUT2D eigenvalue weighted by Gasteiger charge is -2.32. The Bertz CT molecular complexity index is 391. The summed E-state index contributed by atoms with van der Waals surface area (Å²) < 4.78 is 18.8. The molecule has 1 aliphatic heterocycles. The summed E-state index contributed by atoms with van der Waals surface area (Å²) in [6.07, 6.45) is 0.223. The minimum Gasteiger partial charge on any atom is -0.375 e. The van der Waals surface area contributed by atoms with E-state index in [-0.39, 0.29) is 16.9 Å². The largest absolute Gasteiger partial charge is 0.375 e. The van der Waals surface area contributed by atoms with Crippen LogP contribution in [-0.2, 0) is 11.3 Å². The fourth-order valence-electron chi connectivity index (χ4n) is 1.91. The lowest BCUT2D eigenvalue weighted by molar-refractivity contribution is -0.0181. The van der Waals surface area contributed by atoms with Gasteiger partial charge in [0.15, 0.2) is 0 Å². The van der Waals surface area contributed by atoms with Crippen molar-refractivity contribution in [3.63, 3.8) is 0 Å². The van der Waals surface area contributed by atoms with E-state index in [1.54, 1.807) is 6.07 Å². The van der Waals surface area contributed by atoms with E-state index >= 15 is 0 Å². The second-order valence-electron chi connectivity index (χ2n) is 4.13. The predicted molar refractivity (Wildman–Crippen MR) is 70.2 cm³/mol. The number of nitrogens with zero attached hydrogens (tertiary/aromatic N) is 1. The molecule has 0 saturated carbocycles. The molecule has 17 heavy (non-hydrogen) atoms. The van der Waals surface area contributed by atoms with Crippen LogP contribution in [0.2, 0.25) is 5.02 Å². The van der Waals surface area contributed by atoms with E-state index in [0.29, 0.717) is 0 Å². The van der Waals surface area contributed by atoms with Crippen LogP contribution in [0.1, 0.15) is 5.56 Å². The van der Waals surface area contributed by atoms with Gasteiger partial charge in [0.2, 0.25) is 0 Å². The van der Waals surface area contributed by atoms with E-state index in [2.05, 4.69) is 20.8 Å². The van der Waals surface area contributed by atoms with Crippen molar-refractivity contribution in [3.05, 3.63) is 34.6 Å². The van der Waals surface area contributed by atoms with Gasteiger partial charge in [-0.05, 0) is 17.7 Å². The van der Waals surface area contributed by atoms with Crippen LogP contribution in [0.3, 0.4) is 0 Å². The Kier molecular flexibility index (Phi) is 4.79. The fraction of sp³-hybridized carbons (Fsp3) is 0.500. The number of rotatable bonds is 3. The van der Waals surface area contributed by atoms with Crippen molar-refractivity contribution in [2.45, 2.75) is 12.6 Å². The van der Waals surface area contributed by atoms with Crippen LogP contribution in [0, 0.1) is 5.82 Å². The van der Waals surface area contributed by atoms with E-state index in [0.717, 1.165) is 37.1 Å². The molecule has 1 fully saturated rings. The zero-order valence-corrected chi connectivity index (χ0v) is 11.7. The second kappa shape index (κ2) is 6.14. The minimum atomic E-state index is -0.352. The summed E-state index contributed by atoms with van der Waals surface area (Å²) in [5.41, 5.74) is 0.946. The molecule has 2 rings (SSSR count). The summed E-state index contributed by atoms with van der Waals surface area (Å²) >= 11 is 9.07. The van der Waals surface area contributed by atoms with E-state index in [4.69, 9.17) is 16.3 Å². The lowest BCUT2D eigenvalue weighted by Crippen LogP contribution is -2.42. The van der Waals surface area contributed by atoms with Crippen LogP contribution in [-0.4, -0.2) is 36.0 Å². The molecule has 0 aromatic heterocycles. The number of morpholine rings is 1. The summed E-state index contributed by atoms with van der Waals surface area (Å²) in [6.45, 7) is 3.22. The second-order valence-corrected chi connectivity index (χ2v) is 5.19. The molecule has 0 radical (unpaired) electrons. The third-order valence-electron chi connectivity index (χ3n) is 2.79. The smallest absolute Gasteiger partial charge is 0.142 e. The Labute approximate surface area is 114 Å². The average molecular weight is 323 g/mol. The van der Waals surface area contributed by atoms with Crippen LogP contribution in [0.5, 0.6) is 0 Å². The number of hydrogen-bond donors (Lipinski definition) is 0. The van der Waals surface area contributed by atoms with Gasteiger partial charge in [-0.3, -0.25) is 4.90 Å². The molecule has 94 valence electrons. The number of alkyl halides is 1. The predicted octanol–water partition coefficient (Wildman–Crippen LogP) is 3.07. The number of benzene rings is 1. The molecule has 0 amide bonds. The summed E-state index contributed by atoms with van der Waals surface area (Å²) in [7, 11) is 0. The fourth-order valence-corrected chi connectivity index (χ4v) is 2.42. The van der Waals surface area contributed by atoms with Crippen molar-refractivity contribution in [3.8, 4) is 0 Å². The van der Waals surface area contributed by atoms with Crippen LogP contribution in [0.25, 0.3) is 0 Å². The van der Waals surface area contributed by atoms with E-state index in [9.17, 15) is 4.39 Å². The Hall–Kier alpha value is -0.160. The van der Waals surface area contributed by atoms with Gasteiger partial charge in [-0.2, -0.15) is 0 Å². The molecule has 1 atom stereocenters. The van der Waals surface area contributed by atoms with Gasteiger partial charge in [-0.25, -0.2) is 4.39 Å². The van der Waals surface area contributed by atoms with Crippen molar-refractivity contribution in [1.82, 2.24) is 4.90 Å². The molecule has 1 aliphatic rings. The maximum Gasteiger partial charge on any atom is 0.142 e. The van der Waals surface area contributed by atoms with Gasteiger partial charge in [0, 0.05) is 25.0 Å². The standard InChI is InChI=1S/C12H14BrClFNO/c13-6-10-8-16(3-4-17-10)7-9-1-2-11(14)12(15)5-9/h1-2,5,10H,3-4,6-8H2. The SMILES string of the molecule is Fc1cc(CN2CCOC(CBr)C2)ccc1Cl. The Morgan fingerprint density at radius 3 is 3.06 bits per heavy atom. The van der Waals surface area contributed by atoms with Crippen molar-refractivity contribution in [2.24, 2.45) is 0 Å². The third kappa shape index (κ3) is 3.65. The van der Waals surface area contributed by atoms with E-state index in [1.807, 2.05) is 6.07 Å². The van der Waals surface area contributed by atoms with Crippen molar-refractivity contribution >= 4 is 27.5 Å². The minimum absolute atomic E-state index is 0.175. The van der Waals surface area contributed by atoms with E-state index in [1.165, 1.54) is 6.07 Å². The highest BCUT2D eigenvalue weighted by atomic mass is 79.9. The number of ether oxygens (including phenoxy) is 1. The maximum absolute atomic E-state index is 13.3. The third-order valence-corrected chi connectivity index (χ3v) is 3.81. The van der Waals surface area contributed by atoms with Gasteiger partial charge in [0.05, 0.1) is 17.7 Å². The Morgan fingerprint density at radius 1 is 1.53 bits per heavy atom. The van der Waals surface area contributed by atoms with Crippen LogP contribution >= 0.6 is 27.5 Å². The van der Waals surface area contributed by atoms with Gasteiger partial charge in [0.1, 0.15) is 5.82 Å². The topological polar surface area (TPSA) is 12.5 Å². The van der Waals surface area contributed by atoms with Gasteiger partial charge in [0.25, 0.3) is 0 Å². The monoisotopic (exact) mass is 321 g/mol. The van der Waals surface area contributed by atoms with Gasteiger partial charge in [-0.15, -0.1) is 0 Å². The number of halogens is 3. The molecular weight excluding hydrogens is 308 g/mol. The summed E-state index contributed by atoms with van der Waals surface area (Å²) in [6, 6.07) is 4.97. The highest BCUT2D eigenvalue weighted by molar-refractivity contribution is 9.09. The molecule has 0 aliphatic carbocycles. The molecule has 1 unspecified atom stereocenters. The highest BCUT2D eigenvalue weighted by Crippen LogP contribution is 2.18. The molecule has 5 heteroatoms. The molecule has 0 N–H and O–H groups in total. The molecule has 1 aromatic rings. The first-order valence-electron chi connectivity index (χ1n) is 5.53. The van der Waals surface area contributed by atoms with E-state index < -0.39 is 0 Å². The molecular formula is C12H14BrClFNO. The van der Waals surface area contributed by atoms with Gasteiger partial charge < -0.3 is 4.74 Å². The first-order valence-corrected chi connectivity index (χ1v) is 7.03. The number of hydrogen-bond acceptors (Lipinski definition) is 2. The first kappa shape index (κ1) is 13.3. The lowest BCUT2D eigenvalue weighted by atomic mass is 10.2. The van der Waals surface area contributed by atoms with Crippen molar-refractivity contribution < 1.29 is 9.13 Å². The summed E-state index contributed by atoms with van der Waals surface area (Å²) in [4.78, 5) is 2.26. The molecule has 0 spiro atoms. The van der Waals surface area contributed by atoms with Crippen LogP contribution in [0.15, 0.2) is 18.2 Å². The zero-order valence-electron chi connectivity index (χ0n) is 9.33. The molecule has 1 saturated heterocycles. The molecule has 2 nitrogen and oxygen atoms in total. The summed E-state index contributed by atoms with van der Waals surface area (Å²) in [5.74, 6) is -0.352. The zero-order chi connectivity index (χ0) is 12.3. The maximum atomic E-state index is 13.3. The van der Waals surface area contributed by atoms with Crippen LogP contribution < -0.4 is 0 Å². The Morgan fingerprint density at radius 2 is 2.35 bits per heavy atom. The Balaban J connectivity index is 1.97. The molecule has 0 bridgehead atoms. The highest BCUT2D eigenvalue weighted by Gasteiger charge is 2.19. The van der Waals surface area contributed by atoms with Gasteiger partial charge in [-0.1, -0.05) is 33.6 Å². The van der Waals surface area contributed by atoms with Gasteiger partial charge >= 0.3 is 0 Å². The first-order chi connectivity index (χ1) is 8.19. The average Bonchev–Trinajstić information content (AvgIpc) is 2.34. The normalized spacial score (nSPS) is 21.7. The quantitative estimate of drug-likeness (QED) is 0.793.